The second kappa shape index (κ2) is 5.43. The lowest BCUT2D eigenvalue weighted by Crippen LogP contribution is -2.23. The molecule has 3 nitrogen and oxygen atoms in total. The van der Waals surface area contributed by atoms with Crippen LogP contribution in [0, 0.1) is 6.92 Å². The Labute approximate surface area is 132 Å². The third-order valence-corrected chi connectivity index (χ3v) is 4.08. The second-order valence-corrected chi connectivity index (χ2v) is 5.57. The minimum Gasteiger partial charge on any atom is -0.307 e. The van der Waals surface area contributed by atoms with Crippen LogP contribution in [0.2, 0.25) is 0 Å². The van der Waals surface area contributed by atoms with Crippen molar-refractivity contribution in [3.8, 4) is 11.1 Å². The molecule has 1 aromatic heterocycles. The molecule has 2 aromatic carbocycles. The molecule has 0 spiro atoms. The molecule has 3 aromatic rings. The van der Waals surface area contributed by atoms with Crippen molar-refractivity contribution in [2.45, 2.75) is 6.92 Å². The zero-order chi connectivity index (χ0) is 15.9. The Morgan fingerprint density at radius 2 is 1.59 bits per heavy atom. The van der Waals surface area contributed by atoms with E-state index in [1.165, 1.54) is 4.57 Å². The maximum absolute atomic E-state index is 12.5. The van der Waals surface area contributed by atoms with Gasteiger partial charge >= 0.3 is 0 Å². The van der Waals surface area contributed by atoms with Crippen LogP contribution in [0.5, 0.6) is 0 Å². The number of benzene rings is 2. The molecule has 0 aliphatic carbocycles. The van der Waals surface area contributed by atoms with Crippen molar-refractivity contribution < 1.29 is 4.79 Å². The van der Waals surface area contributed by atoms with E-state index in [0.717, 1.165) is 16.5 Å². The molecule has 3 rings (SSSR count). The van der Waals surface area contributed by atoms with Gasteiger partial charge in [-0.1, -0.05) is 42.5 Å². The third-order valence-electron chi connectivity index (χ3n) is 3.90. The van der Waals surface area contributed by atoms with Crippen LogP contribution in [0.25, 0.3) is 21.9 Å². The molecule has 0 saturated heterocycles. The molecule has 22 heavy (non-hydrogen) atoms. The summed E-state index contributed by atoms with van der Waals surface area (Å²) in [6.45, 7) is 1.97. The number of hydrogen-bond acceptors (Lipinski definition) is 2. The van der Waals surface area contributed by atoms with Gasteiger partial charge in [0.15, 0.2) is 0 Å². The number of aromatic nitrogens is 1. The second-order valence-electron chi connectivity index (χ2n) is 5.22. The van der Waals surface area contributed by atoms with Crippen molar-refractivity contribution in [2.24, 2.45) is 7.05 Å². The lowest BCUT2D eigenvalue weighted by molar-refractivity contribution is 0.107. The summed E-state index contributed by atoms with van der Waals surface area (Å²) >= 11 is 5.79. The van der Waals surface area contributed by atoms with E-state index in [1.54, 1.807) is 13.1 Å². The van der Waals surface area contributed by atoms with Crippen molar-refractivity contribution in [1.82, 2.24) is 4.57 Å². The van der Waals surface area contributed by atoms with Crippen LogP contribution in [-0.2, 0) is 7.05 Å². The van der Waals surface area contributed by atoms with Gasteiger partial charge in [-0.05, 0) is 41.1 Å². The smallest absolute Gasteiger partial charge is 0.269 e. The van der Waals surface area contributed by atoms with Gasteiger partial charge in [0.05, 0.1) is 0 Å². The molecule has 0 fully saturated rings. The predicted octanol–water partition coefficient (Wildman–Crippen LogP) is 3.89. The SMILES string of the molecule is Cc1ccccc1-c1c(C(=O)Cl)n(C)c(=O)c2ccccc12. The van der Waals surface area contributed by atoms with E-state index < -0.39 is 5.24 Å². The molecule has 0 amide bonds. The Hall–Kier alpha value is -2.39. The molecule has 0 aliphatic rings. The summed E-state index contributed by atoms with van der Waals surface area (Å²) in [5, 5.41) is 0.678. The van der Waals surface area contributed by atoms with E-state index in [1.807, 2.05) is 49.4 Å². The molecule has 1 heterocycles. The Bertz CT molecular complexity index is 957. The summed E-state index contributed by atoms with van der Waals surface area (Å²) in [6.07, 6.45) is 0. The molecule has 4 heteroatoms. The van der Waals surface area contributed by atoms with E-state index >= 15 is 0 Å². The fraction of sp³-hybridized carbons (Fsp3) is 0.111. The van der Waals surface area contributed by atoms with Gasteiger partial charge in [0.2, 0.25) is 0 Å². The van der Waals surface area contributed by atoms with Gasteiger partial charge in [-0.2, -0.15) is 0 Å². The first kappa shape index (κ1) is 14.5. The molecule has 110 valence electrons. The Morgan fingerprint density at radius 3 is 2.23 bits per heavy atom. The van der Waals surface area contributed by atoms with Crippen LogP contribution >= 0.6 is 11.6 Å². The normalized spacial score (nSPS) is 10.9. The van der Waals surface area contributed by atoms with E-state index in [-0.39, 0.29) is 11.3 Å². The third kappa shape index (κ3) is 2.14. The highest BCUT2D eigenvalue weighted by Crippen LogP contribution is 2.33. The molecule has 0 atom stereocenters. The quantitative estimate of drug-likeness (QED) is 0.673. The first-order valence-electron chi connectivity index (χ1n) is 6.90. The number of carbonyl (C=O) groups excluding carboxylic acids is 1. The highest BCUT2D eigenvalue weighted by atomic mass is 35.5. The molecule has 0 aliphatic heterocycles. The summed E-state index contributed by atoms with van der Waals surface area (Å²) in [7, 11) is 1.58. The molecule has 0 radical (unpaired) electrons. The van der Waals surface area contributed by atoms with E-state index in [4.69, 9.17) is 11.6 Å². The van der Waals surface area contributed by atoms with Gasteiger partial charge in [-0.3, -0.25) is 9.59 Å². The number of pyridine rings is 1. The van der Waals surface area contributed by atoms with Gasteiger partial charge in [0.25, 0.3) is 10.8 Å². The highest BCUT2D eigenvalue weighted by molar-refractivity contribution is 6.68. The van der Waals surface area contributed by atoms with Crippen LogP contribution in [0.1, 0.15) is 16.1 Å². The van der Waals surface area contributed by atoms with Crippen LogP contribution < -0.4 is 5.56 Å². The summed E-state index contributed by atoms with van der Waals surface area (Å²) < 4.78 is 1.33. The van der Waals surface area contributed by atoms with E-state index in [0.29, 0.717) is 10.9 Å². The lowest BCUT2D eigenvalue weighted by atomic mass is 9.94. The number of carbonyl (C=O) groups is 1. The maximum Gasteiger partial charge on any atom is 0.269 e. The van der Waals surface area contributed by atoms with Gasteiger partial charge in [-0.25, -0.2) is 0 Å². The van der Waals surface area contributed by atoms with Crippen molar-refractivity contribution in [2.75, 3.05) is 0 Å². The molecule has 0 unspecified atom stereocenters. The number of fused-ring (bicyclic) bond motifs is 1. The highest BCUT2D eigenvalue weighted by Gasteiger charge is 2.21. The number of rotatable bonds is 2. The minimum atomic E-state index is -0.636. The van der Waals surface area contributed by atoms with Crippen molar-refractivity contribution in [1.29, 1.82) is 0 Å². The molecular weight excluding hydrogens is 298 g/mol. The zero-order valence-electron chi connectivity index (χ0n) is 12.3. The van der Waals surface area contributed by atoms with Crippen LogP contribution in [0.15, 0.2) is 53.3 Å². The van der Waals surface area contributed by atoms with Gasteiger partial charge < -0.3 is 4.57 Å². The fourth-order valence-corrected chi connectivity index (χ4v) is 3.04. The lowest BCUT2D eigenvalue weighted by Gasteiger charge is -2.16. The number of nitrogens with zero attached hydrogens (tertiary/aromatic N) is 1. The van der Waals surface area contributed by atoms with Gasteiger partial charge in [0.1, 0.15) is 5.69 Å². The predicted molar refractivity (Wildman–Crippen MR) is 89.5 cm³/mol. The van der Waals surface area contributed by atoms with Crippen molar-refractivity contribution in [3.05, 3.63) is 70.1 Å². The number of halogens is 1. The fourth-order valence-electron chi connectivity index (χ4n) is 2.82. The Morgan fingerprint density at radius 1 is 1.00 bits per heavy atom. The summed E-state index contributed by atoms with van der Waals surface area (Å²) in [5.74, 6) is 0. The summed E-state index contributed by atoms with van der Waals surface area (Å²) in [5.41, 5.74) is 2.62. The molecule has 0 saturated carbocycles. The molecule has 0 N–H and O–H groups in total. The van der Waals surface area contributed by atoms with Gasteiger partial charge in [0, 0.05) is 18.0 Å². The van der Waals surface area contributed by atoms with Crippen molar-refractivity contribution in [3.63, 3.8) is 0 Å². The zero-order valence-corrected chi connectivity index (χ0v) is 13.0. The van der Waals surface area contributed by atoms with Crippen LogP contribution in [0.4, 0.5) is 0 Å². The maximum atomic E-state index is 12.5. The van der Waals surface area contributed by atoms with Crippen molar-refractivity contribution >= 4 is 27.6 Å². The molecule has 0 bridgehead atoms. The Kier molecular flexibility index (Phi) is 3.59. The Balaban J connectivity index is 2.60. The van der Waals surface area contributed by atoms with Gasteiger partial charge in [-0.15, -0.1) is 0 Å². The standard InChI is InChI=1S/C18H14ClNO2/c1-11-7-3-4-8-12(11)15-13-9-5-6-10-14(13)18(22)20(2)16(15)17(19)21/h3-10H,1-2H3. The van der Waals surface area contributed by atoms with Crippen LogP contribution in [-0.4, -0.2) is 9.81 Å². The minimum absolute atomic E-state index is 0.222. The largest absolute Gasteiger partial charge is 0.307 e. The topological polar surface area (TPSA) is 39.1 Å². The average molecular weight is 312 g/mol. The summed E-state index contributed by atoms with van der Waals surface area (Å²) in [4.78, 5) is 24.4. The molecular formula is C18H14ClNO2. The van der Waals surface area contributed by atoms with E-state index in [9.17, 15) is 9.59 Å². The van der Waals surface area contributed by atoms with Crippen LogP contribution in [0.3, 0.4) is 0 Å². The monoisotopic (exact) mass is 311 g/mol. The summed E-state index contributed by atoms with van der Waals surface area (Å²) in [6, 6.07) is 15.0. The number of hydrogen-bond donors (Lipinski definition) is 0. The number of aryl methyl sites for hydroxylation is 1. The average Bonchev–Trinajstić information content (AvgIpc) is 2.51. The first-order chi connectivity index (χ1) is 10.5. The van der Waals surface area contributed by atoms with E-state index in [2.05, 4.69) is 0 Å². The first-order valence-corrected chi connectivity index (χ1v) is 7.27.